The second kappa shape index (κ2) is 5.04. The van der Waals surface area contributed by atoms with Gasteiger partial charge in [0, 0.05) is 26.1 Å². The van der Waals surface area contributed by atoms with E-state index in [1.807, 2.05) is 0 Å². The van der Waals surface area contributed by atoms with Gasteiger partial charge in [-0.1, -0.05) is 0 Å². The van der Waals surface area contributed by atoms with Crippen molar-refractivity contribution in [2.75, 3.05) is 23.7 Å². The molecule has 9 nitrogen and oxygen atoms in total. The average molecular weight is 266 g/mol. The fraction of sp³-hybridized carbons (Fsp3) is 0.500. The van der Waals surface area contributed by atoms with E-state index in [1.54, 1.807) is 4.90 Å². The van der Waals surface area contributed by atoms with Gasteiger partial charge in [0.2, 0.25) is 17.7 Å². The van der Waals surface area contributed by atoms with Gasteiger partial charge in [-0.3, -0.25) is 14.9 Å². The Morgan fingerprint density at radius 1 is 1.68 bits per heavy atom. The van der Waals surface area contributed by atoms with Crippen LogP contribution in [0, 0.1) is 10.1 Å². The largest absolute Gasteiger partial charge is 0.368 e. The van der Waals surface area contributed by atoms with Crippen LogP contribution in [0.5, 0.6) is 0 Å². The third kappa shape index (κ3) is 2.87. The molecule has 102 valence electrons. The van der Waals surface area contributed by atoms with Crippen LogP contribution < -0.4 is 16.0 Å². The minimum absolute atomic E-state index is 0.0106. The van der Waals surface area contributed by atoms with E-state index in [1.165, 1.54) is 6.92 Å². The summed E-state index contributed by atoms with van der Waals surface area (Å²) in [4.78, 5) is 30.7. The van der Waals surface area contributed by atoms with E-state index in [9.17, 15) is 14.9 Å². The highest BCUT2D eigenvalue weighted by Crippen LogP contribution is 2.28. The lowest BCUT2D eigenvalue weighted by Crippen LogP contribution is -2.35. The zero-order chi connectivity index (χ0) is 14.0. The lowest BCUT2D eigenvalue weighted by molar-refractivity contribution is -0.384. The van der Waals surface area contributed by atoms with Crippen LogP contribution in [-0.2, 0) is 4.79 Å². The van der Waals surface area contributed by atoms with Crippen molar-refractivity contribution in [3.63, 3.8) is 0 Å². The summed E-state index contributed by atoms with van der Waals surface area (Å²) in [7, 11) is 0. The maximum Gasteiger partial charge on any atom is 0.329 e. The summed E-state index contributed by atoms with van der Waals surface area (Å²) in [6.07, 6.45) is 1.81. The molecule has 1 saturated heterocycles. The maximum absolute atomic E-state index is 11.0. The first-order chi connectivity index (χ1) is 8.97. The van der Waals surface area contributed by atoms with Gasteiger partial charge in [-0.2, -0.15) is 4.98 Å². The number of rotatable bonds is 3. The highest BCUT2D eigenvalue weighted by molar-refractivity contribution is 5.73. The van der Waals surface area contributed by atoms with Crippen molar-refractivity contribution in [3.05, 3.63) is 16.3 Å². The summed E-state index contributed by atoms with van der Waals surface area (Å²) in [5, 5.41) is 13.7. The van der Waals surface area contributed by atoms with Crippen LogP contribution >= 0.6 is 0 Å². The van der Waals surface area contributed by atoms with Crippen LogP contribution in [0.25, 0.3) is 0 Å². The molecule has 2 heterocycles. The Balaban J connectivity index is 2.21. The highest BCUT2D eigenvalue weighted by atomic mass is 16.6. The Kier molecular flexibility index (Phi) is 3.45. The minimum Gasteiger partial charge on any atom is -0.368 e. The number of anilines is 2. The number of nitro groups is 1. The highest BCUT2D eigenvalue weighted by Gasteiger charge is 2.29. The van der Waals surface area contributed by atoms with E-state index in [0.29, 0.717) is 19.5 Å². The number of carbonyl (C=O) groups is 1. The van der Waals surface area contributed by atoms with Crippen LogP contribution in [0.2, 0.25) is 0 Å². The summed E-state index contributed by atoms with van der Waals surface area (Å²) in [5.74, 6) is 0.0671. The molecular formula is C10H14N6O3. The van der Waals surface area contributed by atoms with E-state index >= 15 is 0 Å². The molecule has 3 N–H and O–H groups in total. The second-order valence-electron chi connectivity index (χ2n) is 4.33. The monoisotopic (exact) mass is 266 g/mol. The molecular weight excluding hydrogens is 252 g/mol. The first kappa shape index (κ1) is 13.0. The number of nitrogen functional groups attached to an aromatic ring is 1. The third-order valence-electron chi connectivity index (χ3n) is 2.86. The lowest BCUT2D eigenvalue weighted by atomic mass is 10.2. The van der Waals surface area contributed by atoms with Crippen molar-refractivity contribution in [1.29, 1.82) is 0 Å². The van der Waals surface area contributed by atoms with Crippen molar-refractivity contribution in [2.24, 2.45) is 0 Å². The second-order valence-corrected chi connectivity index (χ2v) is 4.33. The molecule has 0 saturated carbocycles. The Morgan fingerprint density at radius 3 is 3.05 bits per heavy atom. The van der Waals surface area contributed by atoms with Crippen molar-refractivity contribution >= 4 is 23.4 Å². The molecule has 1 aliphatic heterocycles. The zero-order valence-electron chi connectivity index (χ0n) is 10.4. The molecule has 2 rings (SSSR count). The molecule has 0 aliphatic carbocycles. The predicted molar refractivity (Wildman–Crippen MR) is 67.5 cm³/mol. The molecule has 1 aromatic rings. The SMILES string of the molecule is CC(=O)NC1CCN(c2nc(N)ncc2[N+](=O)[O-])C1. The molecule has 0 aromatic carbocycles. The van der Waals surface area contributed by atoms with Gasteiger partial charge < -0.3 is 16.0 Å². The Morgan fingerprint density at radius 2 is 2.42 bits per heavy atom. The van der Waals surface area contributed by atoms with Gasteiger partial charge in [-0.25, -0.2) is 4.98 Å². The topological polar surface area (TPSA) is 127 Å². The summed E-state index contributed by atoms with van der Waals surface area (Å²) < 4.78 is 0. The van der Waals surface area contributed by atoms with Crippen molar-refractivity contribution in [1.82, 2.24) is 15.3 Å². The standard InChI is InChI=1S/C10H14N6O3/c1-6(17)13-7-2-3-15(5-7)9-8(16(18)19)4-12-10(11)14-9/h4,7H,2-3,5H2,1H3,(H,13,17)(H2,11,12,14). The van der Waals surface area contributed by atoms with Gasteiger partial charge >= 0.3 is 5.69 Å². The summed E-state index contributed by atoms with van der Waals surface area (Å²) in [6.45, 7) is 2.48. The van der Waals surface area contributed by atoms with E-state index in [4.69, 9.17) is 5.73 Å². The average Bonchev–Trinajstić information content (AvgIpc) is 2.75. The van der Waals surface area contributed by atoms with Crippen LogP contribution in [0.15, 0.2) is 6.20 Å². The zero-order valence-corrected chi connectivity index (χ0v) is 10.4. The fourth-order valence-electron chi connectivity index (χ4n) is 2.10. The molecule has 9 heteroatoms. The number of nitrogens with zero attached hydrogens (tertiary/aromatic N) is 4. The number of nitrogens with two attached hydrogens (primary N) is 1. The first-order valence-electron chi connectivity index (χ1n) is 5.76. The van der Waals surface area contributed by atoms with Crippen LogP contribution in [0.3, 0.4) is 0 Å². The van der Waals surface area contributed by atoms with Crippen LogP contribution in [0.4, 0.5) is 17.5 Å². The normalized spacial score (nSPS) is 18.4. The Hall–Kier alpha value is -2.45. The summed E-state index contributed by atoms with van der Waals surface area (Å²) in [6, 6.07) is -0.0340. The molecule has 1 fully saturated rings. The predicted octanol–water partition coefficient (Wildman–Crippen LogP) is -0.318. The molecule has 1 atom stereocenters. The molecule has 0 radical (unpaired) electrons. The smallest absolute Gasteiger partial charge is 0.329 e. The number of carbonyl (C=O) groups excluding carboxylic acids is 1. The Labute approximate surface area is 109 Å². The van der Waals surface area contributed by atoms with E-state index in [2.05, 4.69) is 15.3 Å². The third-order valence-corrected chi connectivity index (χ3v) is 2.86. The van der Waals surface area contributed by atoms with Gasteiger partial charge in [-0.05, 0) is 6.42 Å². The molecule has 1 aromatic heterocycles. The molecule has 1 aliphatic rings. The van der Waals surface area contributed by atoms with E-state index in [0.717, 1.165) is 6.20 Å². The van der Waals surface area contributed by atoms with Gasteiger partial charge in [0.15, 0.2) is 0 Å². The number of amides is 1. The van der Waals surface area contributed by atoms with Crippen molar-refractivity contribution in [3.8, 4) is 0 Å². The van der Waals surface area contributed by atoms with Crippen LogP contribution in [-0.4, -0.2) is 39.9 Å². The fourth-order valence-corrected chi connectivity index (χ4v) is 2.10. The first-order valence-corrected chi connectivity index (χ1v) is 5.76. The molecule has 19 heavy (non-hydrogen) atoms. The molecule has 0 bridgehead atoms. The van der Waals surface area contributed by atoms with Gasteiger partial charge in [-0.15, -0.1) is 0 Å². The number of aromatic nitrogens is 2. The van der Waals surface area contributed by atoms with Crippen LogP contribution in [0.1, 0.15) is 13.3 Å². The Bertz CT molecular complexity index is 520. The van der Waals surface area contributed by atoms with Gasteiger partial charge in [0.25, 0.3) is 0 Å². The van der Waals surface area contributed by atoms with Gasteiger partial charge in [0.1, 0.15) is 6.20 Å². The number of hydrogen-bond acceptors (Lipinski definition) is 7. The minimum atomic E-state index is -0.541. The number of hydrogen-bond donors (Lipinski definition) is 2. The molecule has 0 spiro atoms. The van der Waals surface area contributed by atoms with Crippen molar-refractivity contribution < 1.29 is 9.72 Å². The van der Waals surface area contributed by atoms with Gasteiger partial charge in [0.05, 0.1) is 4.92 Å². The lowest BCUT2D eigenvalue weighted by Gasteiger charge is -2.17. The summed E-state index contributed by atoms with van der Waals surface area (Å²) in [5.41, 5.74) is 5.29. The maximum atomic E-state index is 11.0. The summed E-state index contributed by atoms with van der Waals surface area (Å²) >= 11 is 0. The number of nitrogens with one attached hydrogen (secondary N) is 1. The molecule has 1 amide bonds. The van der Waals surface area contributed by atoms with E-state index < -0.39 is 4.92 Å². The molecule has 1 unspecified atom stereocenters. The van der Waals surface area contributed by atoms with Crippen molar-refractivity contribution in [2.45, 2.75) is 19.4 Å². The van der Waals surface area contributed by atoms with E-state index in [-0.39, 0.29) is 29.4 Å². The quantitative estimate of drug-likeness (QED) is 0.567.